The van der Waals surface area contributed by atoms with Gasteiger partial charge in [0.05, 0.1) is 6.10 Å². The Hall–Kier alpha value is -0.570. The Morgan fingerprint density at radius 2 is 1.83 bits per heavy atom. The van der Waals surface area contributed by atoms with Gasteiger partial charge in [0.15, 0.2) is 0 Å². The molecule has 0 heterocycles. The van der Waals surface area contributed by atoms with Crippen molar-refractivity contribution in [1.29, 1.82) is 0 Å². The predicted octanol–water partition coefficient (Wildman–Crippen LogP) is 1.75. The lowest BCUT2D eigenvalue weighted by Gasteiger charge is -2.14. The maximum Gasteiger partial charge on any atom is 0.106 e. The van der Waals surface area contributed by atoms with E-state index in [1.807, 2.05) is 0 Å². The Balaban J connectivity index is 2.94. The van der Waals surface area contributed by atoms with Crippen molar-refractivity contribution >= 4 is 11.6 Å². The molecule has 0 amide bonds. The second kappa shape index (κ2) is 3.90. The van der Waals surface area contributed by atoms with Crippen molar-refractivity contribution in [2.24, 2.45) is 0 Å². The van der Waals surface area contributed by atoms with E-state index in [1.165, 1.54) is 6.92 Å². The second-order valence-electron chi connectivity index (χ2n) is 2.71. The normalized spacial score (nSPS) is 15.7. The van der Waals surface area contributed by atoms with Crippen molar-refractivity contribution in [1.82, 2.24) is 0 Å². The largest absolute Gasteiger partial charge is 0.390 e. The van der Waals surface area contributed by atoms with Crippen LogP contribution in [0.3, 0.4) is 0 Å². The highest BCUT2D eigenvalue weighted by Gasteiger charge is 2.15. The average Bonchev–Trinajstić information content (AvgIpc) is 2.04. The SMILES string of the molecule is CC(O)C(O)c1ccccc1Cl. The summed E-state index contributed by atoms with van der Waals surface area (Å²) in [5.74, 6) is 0. The van der Waals surface area contributed by atoms with Gasteiger partial charge < -0.3 is 10.2 Å². The third kappa shape index (κ3) is 1.97. The molecule has 0 spiro atoms. The molecule has 1 aromatic rings. The van der Waals surface area contributed by atoms with Gasteiger partial charge in [0.1, 0.15) is 6.10 Å². The fourth-order valence-electron chi connectivity index (χ4n) is 0.975. The number of halogens is 1. The van der Waals surface area contributed by atoms with Crippen molar-refractivity contribution in [2.45, 2.75) is 19.1 Å². The van der Waals surface area contributed by atoms with E-state index in [4.69, 9.17) is 16.7 Å². The molecule has 2 unspecified atom stereocenters. The highest BCUT2D eigenvalue weighted by Crippen LogP contribution is 2.24. The summed E-state index contributed by atoms with van der Waals surface area (Å²) >= 11 is 5.79. The molecule has 0 fully saturated rings. The van der Waals surface area contributed by atoms with Crippen LogP contribution in [0.25, 0.3) is 0 Å². The molecule has 0 aliphatic heterocycles. The average molecular weight is 187 g/mol. The van der Waals surface area contributed by atoms with E-state index < -0.39 is 12.2 Å². The van der Waals surface area contributed by atoms with Crippen LogP contribution in [-0.2, 0) is 0 Å². The van der Waals surface area contributed by atoms with E-state index in [-0.39, 0.29) is 0 Å². The highest BCUT2D eigenvalue weighted by atomic mass is 35.5. The van der Waals surface area contributed by atoms with Gasteiger partial charge in [0.2, 0.25) is 0 Å². The maximum atomic E-state index is 9.44. The minimum Gasteiger partial charge on any atom is -0.390 e. The molecule has 3 heteroatoms. The van der Waals surface area contributed by atoms with Crippen LogP contribution in [0.5, 0.6) is 0 Å². The molecule has 2 N–H and O–H groups in total. The lowest BCUT2D eigenvalue weighted by atomic mass is 10.1. The summed E-state index contributed by atoms with van der Waals surface area (Å²) in [7, 11) is 0. The topological polar surface area (TPSA) is 40.5 Å². The lowest BCUT2D eigenvalue weighted by Crippen LogP contribution is -2.13. The van der Waals surface area contributed by atoms with E-state index in [2.05, 4.69) is 0 Å². The van der Waals surface area contributed by atoms with Gasteiger partial charge in [0.25, 0.3) is 0 Å². The summed E-state index contributed by atoms with van der Waals surface area (Å²) in [6.07, 6.45) is -1.71. The smallest absolute Gasteiger partial charge is 0.106 e. The summed E-state index contributed by atoms with van der Waals surface area (Å²) in [4.78, 5) is 0. The Kier molecular flexibility index (Phi) is 3.09. The molecule has 0 aliphatic carbocycles. The maximum absolute atomic E-state index is 9.44. The molecule has 1 aromatic carbocycles. The predicted molar refractivity (Wildman–Crippen MR) is 48.1 cm³/mol. The van der Waals surface area contributed by atoms with E-state index in [0.29, 0.717) is 10.6 Å². The molecular weight excluding hydrogens is 176 g/mol. The number of benzene rings is 1. The zero-order valence-electron chi connectivity index (χ0n) is 6.74. The van der Waals surface area contributed by atoms with Crippen molar-refractivity contribution in [2.75, 3.05) is 0 Å². The Bertz CT molecular complexity index is 260. The Labute approximate surface area is 76.4 Å². The summed E-state index contributed by atoms with van der Waals surface area (Å²) < 4.78 is 0. The minimum atomic E-state index is -0.904. The second-order valence-corrected chi connectivity index (χ2v) is 3.11. The minimum absolute atomic E-state index is 0.478. The fourth-order valence-corrected chi connectivity index (χ4v) is 1.22. The molecular formula is C9H11ClO2. The molecule has 2 atom stereocenters. The van der Waals surface area contributed by atoms with Gasteiger partial charge in [-0.3, -0.25) is 0 Å². The first kappa shape index (κ1) is 9.52. The molecule has 0 bridgehead atoms. The zero-order chi connectivity index (χ0) is 9.14. The highest BCUT2D eigenvalue weighted by molar-refractivity contribution is 6.31. The Morgan fingerprint density at radius 3 is 2.33 bits per heavy atom. The van der Waals surface area contributed by atoms with Gasteiger partial charge in [-0.25, -0.2) is 0 Å². The van der Waals surface area contributed by atoms with Crippen LogP contribution >= 0.6 is 11.6 Å². The van der Waals surface area contributed by atoms with Gasteiger partial charge in [-0.1, -0.05) is 29.8 Å². The third-order valence-corrected chi connectivity index (χ3v) is 2.03. The standard InChI is InChI=1S/C9H11ClO2/c1-6(11)9(12)7-4-2-3-5-8(7)10/h2-6,9,11-12H,1H3. The molecule has 0 saturated heterocycles. The number of hydrogen-bond donors (Lipinski definition) is 2. The van der Waals surface area contributed by atoms with Crippen molar-refractivity contribution < 1.29 is 10.2 Å². The molecule has 2 nitrogen and oxygen atoms in total. The number of hydrogen-bond acceptors (Lipinski definition) is 2. The van der Waals surface area contributed by atoms with Gasteiger partial charge in [-0.15, -0.1) is 0 Å². The number of rotatable bonds is 2. The van der Waals surface area contributed by atoms with E-state index in [1.54, 1.807) is 24.3 Å². The quantitative estimate of drug-likeness (QED) is 0.739. The fraction of sp³-hybridized carbons (Fsp3) is 0.333. The van der Waals surface area contributed by atoms with Crippen molar-refractivity contribution in [3.63, 3.8) is 0 Å². The van der Waals surface area contributed by atoms with Gasteiger partial charge in [0, 0.05) is 10.6 Å². The van der Waals surface area contributed by atoms with Crippen LogP contribution in [-0.4, -0.2) is 16.3 Å². The Morgan fingerprint density at radius 1 is 1.25 bits per heavy atom. The first-order chi connectivity index (χ1) is 5.63. The van der Waals surface area contributed by atoms with Gasteiger partial charge >= 0.3 is 0 Å². The van der Waals surface area contributed by atoms with E-state index >= 15 is 0 Å². The molecule has 0 aromatic heterocycles. The lowest BCUT2D eigenvalue weighted by molar-refractivity contribution is 0.0306. The van der Waals surface area contributed by atoms with Gasteiger partial charge in [-0.05, 0) is 13.0 Å². The van der Waals surface area contributed by atoms with Crippen LogP contribution in [0.2, 0.25) is 5.02 Å². The molecule has 12 heavy (non-hydrogen) atoms. The summed E-state index contributed by atoms with van der Waals surface area (Å²) in [6, 6.07) is 6.93. The molecule has 0 saturated carbocycles. The summed E-state index contributed by atoms with van der Waals surface area (Å²) in [5.41, 5.74) is 0.564. The zero-order valence-corrected chi connectivity index (χ0v) is 7.49. The number of aliphatic hydroxyl groups is 2. The van der Waals surface area contributed by atoms with Crippen LogP contribution in [0.4, 0.5) is 0 Å². The van der Waals surface area contributed by atoms with Crippen LogP contribution in [0.1, 0.15) is 18.6 Å². The van der Waals surface area contributed by atoms with E-state index in [9.17, 15) is 5.11 Å². The molecule has 66 valence electrons. The first-order valence-corrected chi connectivity index (χ1v) is 4.11. The molecule has 0 radical (unpaired) electrons. The van der Waals surface area contributed by atoms with Crippen molar-refractivity contribution in [3.8, 4) is 0 Å². The molecule has 1 rings (SSSR count). The molecule has 0 aliphatic rings. The van der Waals surface area contributed by atoms with E-state index in [0.717, 1.165) is 0 Å². The van der Waals surface area contributed by atoms with Crippen LogP contribution in [0, 0.1) is 0 Å². The van der Waals surface area contributed by atoms with Crippen LogP contribution in [0.15, 0.2) is 24.3 Å². The summed E-state index contributed by atoms with van der Waals surface area (Å²) in [6.45, 7) is 1.52. The number of aliphatic hydroxyl groups excluding tert-OH is 2. The summed E-state index contributed by atoms with van der Waals surface area (Å²) in [5, 5.41) is 19.0. The van der Waals surface area contributed by atoms with Gasteiger partial charge in [-0.2, -0.15) is 0 Å². The third-order valence-electron chi connectivity index (χ3n) is 1.68. The van der Waals surface area contributed by atoms with Crippen molar-refractivity contribution in [3.05, 3.63) is 34.9 Å². The monoisotopic (exact) mass is 186 g/mol. The van der Waals surface area contributed by atoms with Crippen LogP contribution < -0.4 is 0 Å². The first-order valence-electron chi connectivity index (χ1n) is 3.73.